The Morgan fingerprint density at radius 1 is 1.16 bits per heavy atom. The number of aromatic amines is 1. The van der Waals surface area contributed by atoms with Gasteiger partial charge in [-0.15, -0.1) is 0 Å². The summed E-state index contributed by atoms with van der Waals surface area (Å²) >= 11 is 5.92. The van der Waals surface area contributed by atoms with Crippen molar-refractivity contribution in [1.82, 2.24) is 10.2 Å². The number of hydrogen-bond acceptors (Lipinski definition) is 2. The number of nitrogens with zero attached hydrogens (tertiary/aromatic N) is 2. The van der Waals surface area contributed by atoms with E-state index in [0.717, 1.165) is 17.3 Å². The third-order valence-electron chi connectivity index (χ3n) is 3.84. The monoisotopic (exact) mass is 361 g/mol. The maximum Gasteiger partial charge on any atom is 0.280 e. The van der Waals surface area contributed by atoms with Gasteiger partial charge in [0.15, 0.2) is 0 Å². The van der Waals surface area contributed by atoms with Crippen molar-refractivity contribution in [3.05, 3.63) is 71.0 Å². The van der Waals surface area contributed by atoms with Crippen LogP contribution in [0.15, 0.2) is 54.7 Å². The molecule has 3 aromatic rings. The first kappa shape index (κ1) is 17.1. The van der Waals surface area contributed by atoms with Crippen LogP contribution in [-0.4, -0.2) is 23.2 Å². The number of nitrogens with one attached hydrogen (secondary N) is 1. The lowest BCUT2D eigenvalue weighted by molar-refractivity contribution is 0.0978. The first-order chi connectivity index (χ1) is 12.0. The Kier molecular flexibility index (Phi) is 4.81. The molecule has 0 spiro atoms. The van der Waals surface area contributed by atoms with Crippen LogP contribution in [0.1, 0.15) is 22.5 Å². The van der Waals surface area contributed by atoms with Crippen molar-refractivity contribution >= 4 is 23.2 Å². The Bertz CT molecular complexity index is 893. The minimum atomic E-state index is -2.80. The minimum Gasteiger partial charge on any atom is -0.311 e. The number of para-hydroxylation sites is 1. The lowest BCUT2D eigenvalue weighted by Crippen LogP contribution is -2.27. The van der Waals surface area contributed by atoms with E-state index in [2.05, 4.69) is 10.2 Å². The van der Waals surface area contributed by atoms with Gasteiger partial charge in [-0.05, 0) is 23.8 Å². The Morgan fingerprint density at radius 3 is 2.52 bits per heavy atom. The van der Waals surface area contributed by atoms with Crippen molar-refractivity contribution in [1.29, 1.82) is 0 Å². The summed E-state index contributed by atoms with van der Waals surface area (Å²) in [5.41, 5.74) is 1.61. The molecule has 0 bridgehead atoms. The van der Waals surface area contributed by atoms with E-state index in [1.165, 1.54) is 4.90 Å². The number of amides is 1. The second-order valence-corrected chi connectivity index (χ2v) is 5.82. The summed E-state index contributed by atoms with van der Waals surface area (Å²) in [7, 11) is 1.54. The molecule has 3 rings (SSSR count). The van der Waals surface area contributed by atoms with Crippen LogP contribution < -0.4 is 4.90 Å². The van der Waals surface area contributed by atoms with Gasteiger partial charge in [0, 0.05) is 17.6 Å². The van der Waals surface area contributed by atoms with Gasteiger partial charge in [-0.25, -0.2) is 8.78 Å². The van der Waals surface area contributed by atoms with E-state index >= 15 is 0 Å². The highest BCUT2D eigenvalue weighted by Gasteiger charge is 2.25. The van der Waals surface area contributed by atoms with Gasteiger partial charge in [-0.3, -0.25) is 9.89 Å². The highest BCUT2D eigenvalue weighted by molar-refractivity contribution is 6.30. The topological polar surface area (TPSA) is 49.0 Å². The van der Waals surface area contributed by atoms with E-state index in [1.54, 1.807) is 31.3 Å². The molecular weight excluding hydrogens is 348 g/mol. The van der Waals surface area contributed by atoms with Gasteiger partial charge in [-0.2, -0.15) is 5.10 Å². The van der Waals surface area contributed by atoms with Crippen molar-refractivity contribution in [3.8, 4) is 11.1 Å². The second-order valence-electron chi connectivity index (χ2n) is 5.39. The number of aromatic nitrogens is 2. The fourth-order valence-corrected chi connectivity index (χ4v) is 2.69. The molecule has 1 heterocycles. The molecule has 1 amide bonds. The molecule has 1 aromatic heterocycles. The van der Waals surface area contributed by atoms with E-state index in [4.69, 9.17) is 11.6 Å². The van der Waals surface area contributed by atoms with Gasteiger partial charge in [-0.1, -0.05) is 41.9 Å². The molecule has 0 saturated carbocycles. The van der Waals surface area contributed by atoms with Gasteiger partial charge in [0.2, 0.25) is 0 Å². The largest absolute Gasteiger partial charge is 0.311 e. The lowest BCUT2D eigenvalue weighted by atomic mass is 10.0. The first-order valence-corrected chi connectivity index (χ1v) is 7.81. The van der Waals surface area contributed by atoms with Gasteiger partial charge >= 0.3 is 0 Å². The van der Waals surface area contributed by atoms with E-state index in [0.29, 0.717) is 10.7 Å². The van der Waals surface area contributed by atoms with Crippen LogP contribution in [0.25, 0.3) is 11.1 Å². The standard InChI is InChI=1S/C18H14ClF2N3O/c1-24(18(25)14-10-22-23-16(14)17(20)21)15-5-3-2-4-13(15)11-6-8-12(19)9-7-11/h2-10,17H,1H3,(H,22,23). The van der Waals surface area contributed by atoms with E-state index in [9.17, 15) is 13.6 Å². The molecule has 4 nitrogen and oxygen atoms in total. The van der Waals surface area contributed by atoms with Gasteiger partial charge in [0.25, 0.3) is 12.3 Å². The molecule has 0 radical (unpaired) electrons. The average molecular weight is 362 g/mol. The fourth-order valence-electron chi connectivity index (χ4n) is 2.56. The van der Waals surface area contributed by atoms with Crippen LogP contribution in [-0.2, 0) is 0 Å². The van der Waals surface area contributed by atoms with E-state index in [-0.39, 0.29) is 5.56 Å². The highest BCUT2D eigenvalue weighted by atomic mass is 35.5. The second kappa shape index (κ2) is 7.03. The van der Waals surface area contributed by atoms with Crippen molar-refractivity contribution < 1.29 is 13.6 Å². The fraction of sp³-hybridized carbons (Fsp3) is 0.111. The predicted octanol–water partition coefficient (Wildman–Crippen LogP) is 4.94. The number of benzene rings is 2. The molecule has 0 aliphatic rings. The Labute approximate surface area is 148 Å². The Morgan fingerprint density at radius 2 is 1.84 bits per heavy atom. The zero-order valence-electron chi connectivity index (χ0n) is 13.2. The molecule has 1 N–H and O–H groups in total. The van der Waals surface area contributed by atoms with Crippen LogP contribution in [0.4, 0.5) is 14.5 Å². The number of alkyl halides is 2. The summed E-state index contributed by atoms with van der Waals surface area (Å²) in [5, 5.41) is 6.35. The van der Waals surface area contributed by atoms with Crippen molar-refractivity contribution in [2.24, 2.45) is 0 Å². The summed E-state index contributed by atoms with van der Waals surface area (Å²) in [4.78, 5) is 14.0. The summed E-state index contributed by atoms with van der Waals surface area (Å²) in [6.45, 7) is 0. The third kappa shape index (κ3) is 3.39. The molecule has 0 unspecified atom stereocenters. The van der Waals surface area contributed by atoms with Crippen LogP contribution in [0.2, 0.25) is 5.02 Å². The maximum absolute atomic E-state index is 13.0. The maximum atomic E-state index is 13.0. The highest BCUT2D eigenvalue weighted by Crippen LogP contribution is 2.32. The van der Waals surface area contributed by atoms with E-state index < -0.39 is 18.0 Å². The first-order valence-electron chi connectivity index (χ1n) is 7.43. The predicted molar refractivity (Wildman–Crippen MR) is 93.2 cm³/mol. The van der Waals surface area contributed by atoms with Gasteiger partial charge < -0.3 is 4.90 Å². The van der Waals surface area contributed by atoms with E-state index in [1.807, 2.05) is 24.3 Å². The quantitative estimate of drug-likeness (QED) is 0.715. The average Bonchev–Trinajstić information content (AvgIpc) is 3.11. The van der Waals surface area contributed by atoms with Crippen molar-refractivity contribution in [2.75, 3.05) is 11.9 Å². The number of hydrogen-bond donors (Lipinski definition) is 1. The molecule has 2 aromatic carbocycles. The normalized spacial score (nSPS) is 10.9. The zero-order chi connectivity index (χ0) is 18.0. The van der Waals surface area contributed by atoms with Crippen LogP contribution >= 0.6 is 11.6 Å². The Balaban J connectivity index is 2.00. The number of carbonyl (C=O) groups is 1. The van der Waals surface area contributed by atoms with Crippen LogP contribution in [0.5, 0.6) is 0 Å². The smallest absolute Gasteiger partial charge is 0.280 e. The summed E-state index contributed by atoms with van der Waals surface area (Å²) < 4.78 is 26.0. The molecule has 0 saturated heterocycles. The number of rotatable bonds is 4. The number of anilines is 1. The van der Waals surface area contributed by atoms with Crippen LogP contribution in [0.3, 0.4) is 0 Å². The third-order valence-corrected chi connectivity index (χ3v) is 4.09. The summed E-state index contributed by atoms with van der Waals surface area (Å²) in [6.07, 6.45) is -1.69. The zero-order valence-corrected chi connectivity index (χ0v) is 14.0. The lowest BCUT2D eigenvalue weighted by Gasteiger charge is -2.21. The molecular formula is C18H14ClF2N3O. The van der Waals surface area contributed by atoms with Gasteiger partial charge in [0.1, 0.15) is 5.69 Å². The van der Waals surface area contributed by atoms with Crippen molar-refractivity contribution in [2.45, 2.75) is 6.43 Å². The molecule has 128 valence electrons. The number of halogens is 3. The van der Waals surface area contributed by atoms with Crippen LogP contribution in [0, 0.1) is 0 Å². The molecule has 0 fully saturated rings. The minimum absolute atomic E-state index is 0.150. The number of H-pyrrole nitrogens is 1. The number of carbonyl (C=O) groups excluding carboxylic acids is 1. The molecule has 7 heteroatoms. The molecule has 0 atom stereocenters. The van der Waals surface area contributed by atoms with Crippen molar-refractivity contribution in [3.63, 3.8) is 0 Å². The molecule has 25 heavy (non-hydrogen) atoms. The summed E-state index contributed by atoms with van der Waals surface area (Å²) in [6, 6.07) is 14.4. The molecule has 0 aliphatic carbocycles. The molecule has 0 aliphatic heterocycles. The SMILES string of the molecule is CN(C(=O)c1cn[nH]c1C(F)F)c1ccccc1-c1ccc(Cl)cc1. The summed E-state index contributed by atoms with van der Waals surface area (Å²) in [5.74, 6) is -0.564. The van der Waals surface area contributed by atoms with Gasteiger partial charge in [0.05, 0.1) is 17.4 Å². The Hall–Kier alpha value is -2.73.